The van der Waals surface area contributed by atoms with Gasteiger partial charge >= 0.3 is 5.97 Å². The smallest absolute Gasteiger partial charge is 0.339 e. The lowest BCUT2D eigenvalue weighted by Crippen LogP contribution is -2.26. The molecule has 0 aliphatic heterocycles. The predicted octanol–water partition coefficient (Wildman–Crippen LogP) is 2.88. The average molecular weight is 315 g/mol. The molecule has 1 atom stereocenters. The number of carbonyl (C=O) groups excluding carboxylic acids is 1. The van der Waals surface area contributed by atoms with Crippen molar-refractivity contribution in [3.63, 3.8) is 0 Å². The summed E-state index contributed by atoms with van der Waals surface area (Å²) in [6, 6.07) is 3.09. The monoisotopic (exact) mass is 314 g/mol. The summed E-state index contributed by atoms with van der Waals surface area (Å²) < 4.78 is 16.0. The van der Waals surface area contributed by atoms with Crippen molar-refractivity contribution in [2.75, 3.05) is 13.7 Å². The summed E-state index contributed by atoms with van der Waals surface area (Å²) in [5.74, 6) is 0.0141. The van der Waals surface area contributed by atoms with E-state index >= 15 is 0 Å². The van der Waals surface area contributed by atoms with Gasteiger partial charge in [0, 0.05) is 16.7 Å². The number of ether oxygens (including phenoxy) is 3. The molecule has 1 fully saturated rings. The van der Waals surface area contributed by atoms with Crippen LogP contribution >= 0.6 is 11.6 Å². The number of halogens is 1. The Morgan fingerprint density at radius 2 is 2.19 bits per heavy atom. The minimum atomic E-state index is -1.45. The molecule has 5 nitrogen and oxygen atoms in total. The molecular formula is C15H19ClO5. The van der Waals surface area contributed by atoms with Crippen LogP contribution in [0.4, 0.5) is 0 Å². The van der Waals surface area contributed by atoms with Gasteiger partial charge in [-0.3, -0.25) is 0 Å². The molecule has 21 heavy (non-hydrogen) atoms. The van der Waals surface area contributed by atoms with E-state index in [4.69, 9.17) is 25.8 Å². The first-order chi connectivity index (χ1) is 10.1. The van der Waals surface area contributed by atoms with Gasteiger partial charge in [0.25, 0.3) is 0 Å². The molecule has 0 amide bonds. The molecule has 1 unspecified atom stereocenters. The zero-order valence-corrected chi connectivity index (χ0v) is 12.9. The van der Waals surface area contributed by atoms with Gasteiger partial charge in [0.15, 0.2) is 17.6 Å². The van der Waals surface area contributed by atoms with E-state index < -0.39 is 12.1 Å². The van der Waals surface area contributed by atoms with Gasteiger partial charge in [-0.15, -0.1) is 0 Å². The van der Waals surface area contributed by atoms with Crippen LogP contribution in [-0.4, -0.2) is 30.9 Å². The number of hydrogen-bond donors (Lipinski definition) is 1. The molecule has 0 saturated heterocycles. The van der Waals surface area contributed by atoms with Crippen LogP contribution in [0.15, 0.2) is 12.1 Å². The summed E-state index contributed by atoms with van der Waals surface area (Å²) in [5, 5.41) is 10.5. The van der Waals surface area contributed by atoms with Gasteiger partial charge < -0.3 is 19.3 Å². The fourth-order valence-electron chi connectivity index (χ4n) is 2.07. The van der Waals surface area contributed by atoms with Crippen molar-refractivity contribution < 1.29 is 24.1 Å². The quantitative estimate of drug-likeness (QED) is 0.818. The van der Waals surface area contributed by atoms with E-state index in [0.29, 0.717) is 16.5 Å². The van der Waals surface area contributed by atoms with Crippen molar-refractivity contribution in [1.29, 1.82) is 0 Å². The molecule has 1 aliphatic rings. The van der Waals surface area contributed by atoms with E-state index in [-0.39, 0.29) is 18.3 Å². The summed E-state index contributed by atoms with van der Waals surface area (Å²) >= 11 is 6.01. The highest BCUT2D eigenvalue weighted by molar-refractivity contribution is 6.30. The highest BCUT2D eigenvalue weighted by atomic mass is 35.5. The number of methoxy groups -OCH3 is 1. The second-order valence-electron chi connectivity index (χ2n) is 4.85. The summed E-state index contributed by atoms with van der Waals surface area (Å²) in [7, 11) is 1.49. The molecule has 1 aromatic rings. The maximum absolute atomic E-state index is 11.8. The van der Waals surface area contributed by atoms with Crippen LogP contribution in [0.25, 0.3) is 0 Å². The molecule has 0 spiro atoms. The standard InChI is InChI=1S/C15H19ClO5/c1-3-20-15(18)13(17)11-7-9(16)8-12(19-2)14(11)21-10-5-4-6-10/h7-8,10,13,17H,3-6H2,1-2H3. The lowest BCUT2D eigenvalue weighted by molar-refractivity contribution is -0.153. The SMILES string of the molecule is CCOC(=O)C(O)c1cc(Cl)cc(OC)c1OC1CCC1. The summed E-state index contributed by atoms with van der Waals surface area (Å²) in [6.07, 6.45) is 1.62. The number of hydrogen-bond acceptors (Lipinski definition) is 5. The lowest BCUT2D eigenvalue weighted by atomic mass is 9.96. The van der Waals surface area contributed by atoms with Crippen LogP contribution < -0.4 is 9.47 Å². The third kappa shape index (κ3) is 3.60. The Morgan fingerprint density at radius 3 is 2.71 bits per heavy atom. The van der Waals surface area contributed by atoms with Crippen molar-refractivity contribution in [2.45, 2.75) is 38.4 Å². The van der Waals surface area contributed by atoms with E-state index in [9.17, 15) is 9.90 Å². The maximum Gasteiger partial charge on any atom is 0.339 e. The Kier molecular flexibility index (Phi) is 5.31. The number of aliphatic hydroxyl groups excluding tert-OH is 1. The van der Waals surface area contributed by atoms with Gasteiger partial charge in [-0.1, -0.05) is 11.6 Å². The molecule has 1 aromatic carbocycles. The van der Waals surface area contributed by atoms with Gasteiger partial charge in [0.05, 0.1) is 19.8 Å². The highest BCUT2D eigenvalue weighted by Gasteiger charge is 2.29. The topological polar surface area (TPSA) is 65.0 Å². The molecule has 0 aromatic heterocycles. The molecule has 1 aliphatic carbocycles. The average Bonchev–Trinajstić information content (AvgIpc) is 2.42. The number of rotatable bonds is 6. The van der Waals surface area contributed by atoms with Crippen LogP contribution in [0, 0.1) is 0 Å². The first-order valence-corrected chi connectivity index (χ1v) is 7.33. The van der Waals surface area contributed by atoms with Gasteiger partial charge in [0.1, 0.15) is 0 Å². The first-order valence-electron chi connectivity index (χ1n) is 6.95. The third-order valence-electron chi connectivity index (χ3n) is 3.41. The molecule has 0 bridgehead atoms. The Hall–Kier alpha value is -1.46. The van der Waals surface area contributed by atoms with Crippen LogP contribution in [0.5, 0.6) is 11.5 Å². The highest BCUT2D eigenvalue weighted by Crippen LogP contribution is 2.40. The maximum atomic E-state index is 11.8. The molecule has 0 heterocycles. The summed E-state index contributed by atoms with van der Waals surface area (Å²) in [6.45, 7) is 1.86. The van der Waals surface area contributed by atoms with Crippen molar-refractivity contribution >= 4 is 17.6 Å². The van der Waals surface area contributed by atoms with E-state index in [0.717, 1.165) is 19.3 Å². The minimum Gasteiger partial charge on any atom is -0.493 e. The lowest BCUT2D eigenvalue weighted by Gasteiger charge is -2.29. The van der Waals surface area contributed by atoms with E-state index in [1.54, 1.807) is 13.0 Å². The van der Waals surface area contributed by atoms with Crippen molar-refractivity contribution in [3.8, 4) is 11.5 Å². The predicted molar refractivity (Wildman–Crippen MR) is 77.9 cm³/mol. The zero-order chi connectivity index (χ0) is 15.4. The van der Waals surface area contributed by atoms with Crippen molar-refractivity contribution in [2.24, 2.45) is 0 Å². The second kappa shape index (κ2) is 7.00. The van der Waals surface area contributed by atoms with E-state index in [2.05, 4.69) is 0 Å². The fraction of sp³-hybridized carbons (Fsp3) is 0.533. The minimum absolute atomic E-state index is 0.0771. The Bertz CT molecular complexity index is 513. The van der Waals surface area contributed by atoms with Crippen LogP contribution in [0.3, 0.4) is 0 Å². The van der Waals surface area contributed by atoms with E-state index in [1.807, 2.05) is 0 Å². The van der Waals surface area contributed by atoms with Gasteiger partial charge in [-0.05, 0) is 32.3 Å². The van der Waals surface area contributed by atoms with Crippen LogP contribution in [-0.2, 0) is 9.53 Å². The number of benzene rings is 1. The van der Waals surface area contributed by atoms with E-state index in [1.165, 1.54) is 13.2 Å². The van der Waals surface area contributed by atoms with Crippen LogP contribution in [0.2, 0.25) is 5.02 Å². The van der Waals surface area contributed by atoms with Gasteiger partial charge in [-0.2, -0.15) is 0 Å². The Labute approximate surface area is 128 Å². The van der Waals surface area contributed by atoms with Crippen molar-refractivity contribution in [3.05, 3.63) is 22.7 Å². The molecular weight excluding hydrogens is 296 g/mol. The fourth-order valence-corrected chi connectivity index (χ4v) is 2.29. The number of carbonyl (C=O) groups is 1. The van der Waals surface area contributed by atoms with Gasteiger partial charge in [-0.25, -0.2) is 4.79 Å². The number of esters is 1. The van der Waals surface area contributed by atoms with Crippen molar-refractivity contribution in [1.82, 2.24) is 0 Å². The molecule has 2 rings (SSSR count). The zero-order valence-electron chi connectivity index (χ0n) is 12.1. The molecule has 116 valence electrons. The largest absolute Gasteiger partial charge is 0.493 e. The third-order valence-corrected chi connectivity index (χ3v) is 3.63. The Morgan fingerprint density at radius 1 is 1.48 bits per heavy atom. The summed E-state index contributed by atoms with van der Waals surface area (Å²) in [4.78, 5) is 11.8. The second-order valence-corrected chi connectivity index (χ2v) is 5.29. The van der Waals surface area contributed by atoms with Gasteiger partial charge in [0.2, 0.25) is 0 Å². The Balaban J connectivity index is 2.35. The molecule has 1 saturated carbocycles. The van der Waals surface area contributed by atoms with Crippen LogP contribution in [0.1, 0.15) is 37.9 Å². The normalized spacial score (nSPS) is 16.0. The molecule has 0 radical (unpaired) electrons. The molecule has 6 heteroatoms. The first kappa shape index (κ1) is 15.9. The summed E-state index contributed by atoms with van der Waals surface area (Å²) in [5.41, 5.74) is 0.268. The molecule has 1 N–H and O–H groups in total. The number of aliphatic hydroxyl groups is 1.